The van der Waals surface area contributed by atoms with E-state index in [9.17, 15) is 0 Å². The molecule has 0 bridgehead atoms. The molecule has 1 aliphatic carbocycles. The van der Waals surface area contributed by atoms with Crippen molar-refractivity contribution in [1.29, 1.82) is 5.41 Å². The number of benzene rings is 3. The fourth-order valence-corrected chi connectivity index (χ4v) is 3.91. The summed E-state index contributed by atoms with van der Waals surface area (Å²) in [6, 6.07) is 22.8. The monoisotopic (exact) mass is 352 g/mol. The Morgan fingerprint density at radius 1 is 0.926 bits per heavy atom. The van der Waals surface area contributed by atoms with Crippen molar-refractivity contribution in [1.82, 2.24) is 4.90 Å². The van der Waals surface area contributed by atoms with E-state index in [1.807, 2.05) is 30.3 Å². The Morgan fingerprint density at radius 2 is 1.67 bits per heavy atom. The van der Waals surface area contributed by atoms with E-state index in [1.54, 1.807) is 0 Å². The average molecular weight is 352 g/mol. The molecule has 0 aromatic heterocycles. The van der Waals surface area contributed by atoms with E-state index in [1.165, 1.54) is 16.5 Å². The largest absolute Gasteiger partial charge is 0.305 e. The van der Waals surface area contributed by atoms with Gasteiger partial charge in [0.25, 0.3) is 0 Å². The predicted octanol–water partition coefficient (Wildman–Crippen LogP) is 5.40. The Bertz CT molecular complexity index is 1040. The van der Waals surface area contributed by atoms with Crippen LogP contribution in [0.1, 0.15) is 22.6 Å². The molecule has 4 rings (SSSR count). The molecule has 0 saturated carbocycles. The third-order valence-electron chi connectivity index (χ3n) is 5.12. The van der Waals surface area contributed by atoms with Gasteiger partial charge in [-0.3, -0.25) is 5.41 Å². The van der Waals surface area contributed by atoms with E-state index in [2.05, 4.69) is 73.6 Å². The van der Waals surface area contributed by atoms with Gasteiger partial charge in [0.1, 0.15) is 0 Å². The van der Waals surface area contributed by atoms with Gasteiger partial charge in [-0.15, -0.1) is 0 Å². The molecule has 2 heteroatoms. The van der Waals surface area contributed by atoms with Gasteiger partial charge in [-0.05, 0) is 36.0 Å². The lowest BCUT2D eigenvalue weighted by atomic mass is 9.84. The van der Waals surface area contributed by atoms with Gasteiger partial charge in [-0.1, -0.05) is 85.0 Å². The van der Waals surface area contributed by atoms with Crippen molar-refractivity contribution >= 4 is 16.5 Å². The molecule has 1 unspecified atom stereocenters. The Morgan fingerprint density at radius 3 is 2.44 bits per heavy atom. The Balaban J connectivity index is 1.90. The summed E-state index contributed by atoms with van der Waals surface area (Å²) in [6.07, 6.45) is 6.62. The third-order valence-corrected chi connectivity index (χ3v) is 5.12. The van der Waals surface area contributed by atoms with Crippen molar-refractivity contribution in [3.05, 3.63) is 107 Å². The maximum Gasteiger partial charge on any atom is 0.0693 e. The van der Waals surface area contributed by atoms with Crippen LogP contribution in [0.4, 0.5) is 0 Å². The molecular weight excluding hydrogens is 328 g/mol. The van der Waals surface area contributed by atoms with Gasteiger partial charge in [-0.25, -0.2) is 0 Å². The van der Waals surface area contributed by atoms with E-state index < -0.39 is 0 Å². The number of hydrogen-bond acceptors (Lipinski definition) is 2. The first-order valence-electron chi connectivity index (χ1n) is 9.33. The summed E-state index contributed by atoms with van der Waals surface area (Å²) in [5.74, 6) is 0.219. The lowest BCUT2D eigenvalue weighted by molar-refractivity contribution is 0.439. The summed E-state index contributed by atoms with van der Waals surface area (Å²) in [6.45, 7) is 0.919. The SMILES string of the molecule is CN(C)CC1=CC=CC1c1ccc2ccccc2c1C(=N)c1ccccc1. The maximum absolute atomic E-state index is 9.01. The first-order chi connectivity index (χ1) is 13.1. The molecule has 1 aliphatic rings. The number of likely N-dealkylation sites (N-methyl/N-ethyl adjacent to an activating group) is 1. The van der Waals surface area contributed by atoms with Gasteiger partial charge in [-0.2, -0.15) is 0 Å². The second kappa shape index (κ2) is 7.34. The Hall–Kier alpha value is -2.97. The van der Waals surface area contributed by atoms with Gasteiger partial charge in [0.15, 0.2) is 0 Å². The zero-order chi connectivity index (χ0) is 18.8. The van der Waals surface area contributed by atoms with Crippen LogP contribution in [0.3, 0.4) is 0 Å². The lowest BCUT2D eigenvalue weighted by Crippen LogP contribution is -2.18. The summed E-state index contributed by atoms with van der Waals surface area (Å²) in [7, 11) is 4.20. The molecule has 0 amide bonds. The molecule has 2 nitrogen and oxygen atoms in total. The number of nitrogens with zero attached hydrogens (tertiary/aromatic N) is 1. The van der Waals surface area contributed by atoms with Crippen molar-refractivity contribution in [2.45, 2.75) is 5.92 Å². The zero-order valence-corrected chi connectivity index (χ0v) is 15.8. The quantitative estimate of drug-likeness (QED) is 0.612. The minimum Gasteiger partial charge on any atom is -0.305 e. The molecule has 1 atom stereocenters. The van der Waals surface area contributed by atoms with Crippen molar-refractivity contribution in [2.24, 2.45) is 0 Å². The summed E-state index contributed by atoms with van der Waals surface area (Å²) in [5.41, 5.74) is 5.17. The number of fused-ring (bicyclic) bond motifs is 1. The third kappa shape index (κ3) is 3.36. The minimum atomic E-state index is 0.219. The van der Waals surface area contributed by atoms with Crippen LogP contribution in [0, 0.1) is 5.41 Å². The van der Waals surface area contributed by atoms with Crippen molar-refractivity contribution in [2.75, 3.05) is 20.6 Å². The highest BCUT2D eigenvalue weighted by Crippen LogP contribution is 2.36. The molecule has 3 aromatic carbocycles. The second-order valence-corrected chi connectivity index (χ2v) is 7.33. The molecule has 0 fully saturated rings. The van der Waals surface area contributed by atoms with Crippen LogP contribution in [0.25, 0.3) is 10.8 Å². The van der Waals surface area contributed by atoms with E-state index in [0.29, 0.717) is 5.71 Å². The molecule has 0 saturated heterocycles. The van der Waals surface area contributed by atoms with Gasteiger partial charge in [0.2, 0.25) is 0 Å². The van der Waals surface area contributed by atoms with Crippen LogP contribution in [0.15, 0.2) is 90.5 Å². The standard InChI is InChI=1S/C25H24N2/c1-27(2)17-20-12-8-14-21(20)23-16-15-18-9-6-7-13-22(18)24(23)25(26)19-10-4-3-5-11-19/h3-16,21,26H,17H2,1-2H3. The Kier molecular flexibility index (Phi) is 4.74. The summed E-state index contributed by atoms with van der Waals surface area (Å²) < 4.78 is 0. The first-order valence-corrected chi connectivity index (χ1v) is 9.33. The Labute approximate surface area is 161 Å². The highest BCUT2D eigenvalue weighted by molar-refractivity contribution is 6.19. The highest BCUT2D eigenvalue weighted by Gasteiger charge is 2.23. The number of allylic oxidation sites excluding steroid dienone is 3. The number of nitrogens with one attached hydrogen (secondary N) is 1. The van der Waals surface area contributed by atoms with Crippen LogP contribution in [0.5, 0.6) is 0 Å². The molecule has 0 aliphatic heterocycles. The van der Waals surface area contributed by atoms with Crippen molar-refractivity contribution < 1.29 is 0 Å². The van der Waals surface area contributed by atoms with Crippen molar-refractivity contribution in [3.8, 4) is 0 Å². The highest BCUT2D eigenvalue weighted by atomic mass is 15.0. The van der Waals surface area contributed by atoms with Crippen LogP contribution in [-0.2, 0) is 0 Å². The van der Waals surface area contributed by atoms with Crippen molar-refractivity contribution in [3.63, 3.8) is 0 Å². The van der Waals surface area contributed by atoms with E-state index in [-0.39, 0.29) is 5.92 Å². The minimum absolute atomic E-state index is 0.219. The van der Waals surface area contributed by atoms with Gasteiger partial charge >= 0.3 is 0 Å². The van der Waals surface area contributed by atoms with E-state index in [4.69, 9.17) is 5.41 Å². The van der Waals surface area contributed by atoms with Crippen LogP contribution in [-0.4, -0.2) is 31.3 Å². The van der Waals surface area contributed by atoms with Crippen LogP contribution >= 0.6 is 0 Å². The topological polar surface area (TPSA) is 27.1 Å². The molecule has 3 aromatic rings. The molecule has 134 valence electrons. The summed E-state index contributed by atoms with van der Waals surface area (Å²) in [4.78, 5) is 2.20. The molecule has 0 spiro atoms. The maximum atomic E-state index is 9.01. The first kappa shape index (κ1) is 17.4. The van der Waals surface area contributed by atoms with Crippen LogP contribution < -0.4 is 0 Å². The average Bonchev–Trinajstić information content (AvgIpc) is 3.14. The number of hydrogen-bond donors (Lipinski definition) is 1. The fourth-order valence-electron chi connectivity index (χ4n) is 3.91. The molecule has 0 radical (unpaired) electrons. The molecular formula is C25H24N2. The van der Waals surface area contributed by atoms with Gasteiger partial charge < -0.3 is 4.90 Å². The molecule has 27 heavy (non-hydrogen) atoms. The van der Waals surface area contributed by atoms with E-state index >= 15 is 0 Å². The predicted molar refractivity (Wildman–Crippen MR) is 115 cm³/mol. The van der Waals surface area contributed by atoms with Gasteiger partial charge in [0, 0.05) is 23.6 Å². The molecule has 0 heterocycles. The van der Waals surface area contributed by atoms with E-state index in [0.717, 1.165) is 23.1 Å². The summed E-state index contributed by atoms with van der Waals surface area (Å²) >= 11 is 0. The van der Waals surface area contributed by atoms with Gasteiger partial charge in [0.05, 0.1) is 5.71 Å². The number of rotatable bonds is 5. The molecule has 1 N–H and O–H groups in total. The normalized spacial score (nSPS) is 16.1. The smallest absolute Gasteiger partial charge is 0.0693 e. The summed E-state index contributed by atoms with van der Waals surface area (Å²) in [5, 5.41) is 11.3. The fraction of sp³-hybridized carbons (Fsp3) is 0.160. The second-order valence-electron chi connectivity index (χ2n) is 7.33. The lowest BCUT2D eigenvalue weighted by Gasteiger charge is -2.22. The zero-order valence-electron chi connectivity index (χ0n) is 15.8. The van der Waals surface area contributed by atoms with Crippen LogP contribution in [0.2, 0.25) is 0 Å².